The molecule has 0 aliphatic carbocycles. The molecule has 3 N–H and O–H groups in total. The number of nitrogens with one attached hydrogen (secondary N) is 3. The Morgan fingerprint density at radius 1 is 1.16 bits per heavy atom. The number of alkyl halides is 3. The number of carbonyl (C=O) groups is 1. The van der Waals surface area contributed by atoms with Crippen LogP contribution in [0.4, 0.5) is 27.1 Å². The number of fused-ring (bicyclic) bond motifs is 1. The van der Waals surface area contributed by atoms with E-state index in [0.717, 1.165) is 28.5 Å². The molecule has 1 aromatic carbocycles. The Balaban J connectivity index is 1.69. The van der Waals surface area contributed by atoms with Crippen LogP contribution in [0.5, 0.6) is 0 Å². The highest BCUT2D eigenvalue weighted by molar-refractivity contribution is 7.92. The molecule has 37 heavy (non-hydrogen) atoms. The summed E-state index contributed by atoms with van der Waals surface area (Å²) in [7, 11) is 1.56. The van der Waals surface area contributed by atoms with Gasteiger partial charge in [-0.05, 0) is 37.3 Å². The van der Waals surface area contributed by atoms with Crippen LogP contribution in [0, 0.1) is 11.2 Å². The average molecular weight is 536 g/mol. The first kappa shape index (κ1) is 26.0. The molecular weight excluding hydrogens is 517 g/mol. The van der Waals surface area contributed by atoms with Gasteiger partial charge in [0.15, 0.2) is 18.0 Å². The van der Waals surface area contributed by atoms with E-state index in [1.807, 2.05) is 0 Å². The van der Waals surface area contributed by atoms with Gasteiger partial charge in [-0.25, -0.2) is 18.3 Å². The summed E-state index contributed by atoms with van der Waals surface area (Å²) in [5.74, 6) is -1.27. The lowest BCUT2D eigenvalue weighted by Gasteiger charge is -2.15. The molecule has 8 nitrogen and oxygen atoms in total. The normalized spacial score (nSPS) is 12.4. The van der Waals surface area contributed by atoms with Crippen molar-refractivity contribution in [1.82, 2.24) is 24.2 Å². The second kappa shape index (κ2) is 10.1. The van der Waals surface area contributed by atoms with Crippen molar-refractivity contribution < 1.29 is 26.2 Å². The summed E-state index contributed by atoms with van der Waals surface area (Å²) in [4.78, 5) is 25.4. The zero-order chi connectivity index (χ0) is 26.9. The number of rotatable bonds is 7. The lowest BCUT2D eigenvalue weighted by Crippen LogP contribution is -2.27. The van der Waals surface area contributed by atoms with Crippen LogP contribution in [0.3, 0.4) is 0 Å². The quantitative estimate of drug-likeness (QED) is 0.219. The maximum Gasteiger partial charge on any atom is 0.416 e. The molecule has 0 saturated heterocycles. The lowest BCUT2D eigenvalue weighted by molar-refractivity contribution is -0.137. The summed E-state index contributed by atoms with van der Waals surface area (Å²) in [5, 5.41) is 13.9. The highest BCUT2D eigenvalue weighted by Crippen LogP contribution is 2.30. The molecule has 3 aromatic heterocycles. The van der Waals surface area contributed by atoms with Gasteiger partial charge < -0.3 is 10.6 Å². The third-order valence-electron chi connectivity index (χ3n) is 5.46. The summed E-state index contributed by atoms with van der Waals surface area (Å²) in [6.45, 7) is 1.45. The maximum atomic E-state index is 13.6. The minimum atomic E-state index is -4.58. The first-order valence-electron chi connectivity index (χ1n) is 10.6. The van der Waals surface area contributed by atoms with E-state index in [4.69, 9.17) is 5.41 Å². The number of nitrogens with zero attached hydrogens (tertiary/aromatic N) is 4. The van der Waals surface area contributed by atoms with E-state index in [2.05, 4.69) is 25.6 Å². The van der Waals surface area contributed by atoms with Gasteiger partial charge in [0.1, 0.15) is 17.0 Å². The number of hydrogen-bond acceptors (Lipinski definition) is 7. The van der Waals surface area contributed by atoms with Crippen LogP contribution in [0.2, 0.25) is 0 Å². The van der Waals surface area contributed by atoms with Crippen LogP contribution in [0.25, 0.3) is 11.2 Å². The number of amides is 1. The molecule has 4 aromatic rings. The fraction of sp³-hybridized carbons (Fsp3) is 0.174. The van der Waals surface area contributed by atoms with Gasteiger partial charge in [0.25, 0.3) is 5.91 Å². The Kier molecular flexibility index (Phi) is 7.12. The second-order valence-corrected chi connectivity index (χ2v) is 8.37. The van der Waals surface area contributed by atoms with Gasteiger partial charge in [0.2, 0.25) is 0 Å². The van der Waals surface area contributed by atoms with E-state index < -0.39 is 29.5 Å². The highest BCUT2D eigenvalue weighted by Gasteiger charge is 2.31. The third-order valence-corrected chi connectivity index (χ3v) is 5.89. The third kappa shape index (κ3) is 5.23. The number of pyridine rings is 1. The number of carbonyl (C=O) groups excluding carboxylic acids is 1. The van der Waals surface area contributed by atoms with Crippen molar-refractivity contribution in [3.05, 3.63) is 82.8 Å². The standard InChI is InChI=1S/C23H18F5N7OS/c1-11(16-7-12(5-6-31-16)23(25,26)27)33-22(36)15-10-35(37-28)21-20(15)34-18(9-32-21)19(29)14-4-3-13(24)8-17(14)30-2/h3-11,29-30H,1-2H3,(H,33,36)/t11-/m1/s1. The molecule has 0 aliphatic heterocycles. The Labute approximate surface area is 211 Å². The van der Waals surface area contributed by atoms with E-state index in [9.17, 15) is 26.2 Å². The van der Waals surface area contributed by atoms with Gasteiger partial charge in [-0.1, -0.05) is 0 Å². The molecule has 1 atom stereocenters. The van der Waals surface area contributed by atoms with Gasteiger partial charge in [0.05, 0.1) is 34.8 Å². The van der Waals surface area contributed by atoms with E-state index in [1.54, 1.807) is 7.05 Å². The molecule has 3 heterocycles. The fourth-order valence-corrected chi connectivity index (χ4v) is 3.94. The molecule has 4 rings (SSSR count). The summed E-state index contributed by atoms with van der Waals surface area (Å²) in [5.41, 5.74) is -0.582. The smallest absolute Gasteiger partial charge is 0.387 e. The summed E-state index contributed by atoms with van der Waals surface area (Å²) in [6, 6.07) is 4.47. The average Bonchev–Trinajstić information content (AvgIpc) is 3.26. The van der Waals surface area contributed by atoms with Crippen LogP contribution in [-0.2, 0) is 6.18 Å². The SMILES string of the molecule is CNc1cc(F)ccc1C(=N)c1cnc2c(n1)c(C(=O)N[C@H](C)c1cc(C(F)(F)F)ccn1)cn2SF. The first-order chi connectivity index (χ1) is 17.5. The predicted octanol–water partition coefficient (Wildman–Crippen LogP) is 5.31. The topological polar surface area (TPSA) is 109 Å². The van der Waals surface area contributed by atoms with Crippen molar-refractivity contribution >= 4 is 40.8 Å². The molecule has 0 unspecified atom stereocenters. The van der Waals surface area contributed by atoms with Crippen molar-refractivity contribution in [3.8, 4) is 0 Å². The second-order valence-electron chi connectivity index (χ2n) is 7.84. The molecule has 0 saturated carbocycles. The lowest BCUT2D eigenvalue weighted by atomic mass is 10.1. The van der Waals surface area contributed by atoms with Crippen LogP contribution < -0.4 is 10.6 Å². The Hall–Kier alpha value is -4.07. The fourth-order valence-electron chi connectivity index (χ4n) is 3.59. The number of aromatic nitrogens is 4. The number of anilines is 1. The van der Waals surface area contributed by atoms with Gasteiger partial charge >= 0.3 is 6.18 Å². The van der Waals surface area contributed by atoms with Crippen molar-refractivity contribution in [1.29, 1.82) is 5.41 Å². The van der Waals surface area contributed by atoms with Crippen LogP contribution in [0.1, 0.15) is 45.8 Å². The molecule has 0 spiro atoms. The van der Waals surface area contributed by atoms with E-state index in [0.29, 0.717) is 11.3 Å². The molecule has 0 aliphatic rings. The Bertz CT molecular complexity index is 1500. The molecule has 1 amide bonds. The van der Waals surface area contributed by atoms with E-state index in [1.165, 1.54) is 31.3 Å². The van der Waals surface area contributed by atoms with Gasteiger partial charge in [0, 0.05) is 30.7 Å². The minimum Gasteiger partial charge on any atom is -0.387 e. The monoisotopic (exact) mass is 535 g/mol. The van der Waals surface area contributed by atoms with Crippen molar-refractivity contribution in [2.45, 2.75) is 19.1 Å². The first-order valence-corrected chi connectivity index (χ1v) is 11.3. The molecule has 192 valence electrons. The van der Waals surface area contributed by atoms with Crippen molar-refractivity contribution in [2.24, 2.45) is 0 Å². The zero-order valence-corrected chi connectivity index (χ0v) is 20.0. The largest absolute Gasteiger partial charge is 0.416 e. The number of benzene rings is 1. The van der Waals surface area contributed by atoms with Crippen LogP contribution in [-0.4, -0.2) is 37.6 Å². The molecule has 0 bridgehead atoms. The van der Waals surface area contributed by atoms with E-state index in [-0.39, 0.29) is 46.2 Å². The van der Waals surface area contributed by atoms with E-state index >= 15 is 0 Å². The highest BCUT2D eigenvalue weighted by atomic mass is 32.2. The number of halogens is 5. The number of hydrogen-bond donors (Lipinski definition) is 3. The Morgan fingerprint density at radius 3 is 2.59 bits per heavy atom. The molecular formula is C23H18F5N7OS. The summed E-state index contributed by atoms with van der Waals surface area (Å²) >= 11 is -0.234. The summed E-state index contributed by atoms with van der Waals surface area (Å²) in [6.07, 6.45) is -1.23. The van der Waals surface area contributed by atoms with Gasteiger partial charge in [-0.2, -0.15) is 13.2 Å². The summed E-state index contributed by atoms with van der Waals surface area (Å²) < 4.78 is 67.3. The van der Waals surface area contributed by atoms with Crippen molar-refractivity contribution in [3.63, 3.8) is 0 Å². The van der Waals surface area contributed by atoms with Crippen LogP contribution >= 0.6 is 12.3 Å². The minimum absolute atomic E-state index is 0.00741. The Morgan fingerprint density at radius 2 is 1.92 bits per heavy atom. The van der Waals surface area contributed by atoms with Gasteiger partial charge in [-0.3, -0.25) is 15.2 Å². The van der Waals surface area contributed by atoms with Crippen LogP contribution in [0.15, 0.2) is 48.9 Å². The molecule has 0 radical (unpaired) electrons. The van der Waals surface area contributed by atoms with Crippen molar-refractivity contribution in [2.75, 3.05) is 12.4 Å². The molecule has 14 heteroatoms. The predicted molar refractivity (Wildman–Crippen MR) is 129 cm³/mol. The van der Waals surface area contributed by atoms with Gasteiger partial charge in [-0.15, -0.1) is 3.89 Å². The maximum absolute atomic E-state index is 13.6. The molecule has 0 fully saturated rings. The zero-order valence-electron chi connectivity index (χ0n) is 19.2.